The van der Waals surface area contributed by atoms with Gasteiger partial charge in [-0.05, 0) is 35.7 Å². The zero-order valence-electron chi connectivity index (χ0n) is 17.4. The van der Waals surface area contributed by atoms with Gasteiger partial charge in [-0.3, -0.25) is 0 Å². The smallest absolute Gasteiger partial charge is 0.318 e. The molecule has 3 aromatic rings. The molecule has 0 saturated heterocycles. The van der Waals surface area contributed by atoms with E-state index in [1.807, 2.05) is 67.5 Å². The Morgan fingerprint density at radius 3 is 2.00 bits per heavy atom. The van der Waals surface area contributed by atoms with Gasteiger partial charge in [0.05, 0.1) is 6.04 Å². The van der Waals surface area contributed by atoms with Crippen molar-refractivity contribution in [3.63, 3.8) is 0 Å². The molecule has 0 saturated carbocycles. The summed E-state index contributed by atoms with van der Waals surface area (Å²) in [6.45, 7) is 3.13. The fraction of sp³-hybridized carbons (Fsp3) is 0.240. The van der Waals surface area contributed by atoms with Crippen LogP contribution >= 0.6 is 0 Å². The van der Waals surface area contributed by atoms with Crippen LogP contribution in [0.4, 0.5) is 10.5 Å². The molecule has 0 bridgehead atoms. The maximum absolute atomic E-state index is 13.1. The number of benzene rings is 3. The third kappa shape index (κ3) is 5.61. The van der Waals surface area contributed by atoms with Crippen molar-refractivity contribution in [3.8, 4) is 0 Å². The van der Waals surface area contributed by atoms with Crippen molar-refractivity contribution in [1.29, 1.82) is 0 Å². The number of carbonyl (C=O) groups is 1. The Kier molecular flexibility index (Phi) is 6.90. The number of carbonyl (C=O) groups excluding carboxylic acids is 1. The molecule has 1 unspecified atom stereocenters. The first-order valence-electron chi connectivity index (χ1n) is 9.94. The van der Waals surface area contributed by atoms with Gasteiger partial charge in [-0.15, -0.1) is 0 Å². The van der Waals surface area contributed by atoms with Crippen LogP contribution in [0.25, 0.3) is 0 Å². The fourth-order valence-electron chi connectivity index (χ4n) is 3.27. The Bertz CT molecular complexity index is 892. The summed E-state index contributed by atoms with van der Waals surface area (Å²) >= 11 is 0. The normalized spacial score (nSPS) is 11.6. The predicted molar refractivity (Wildman–Crippen MR) is 120 cm³/mol. The van der Waals surface area contributed by atoms with Gasteiger partial charge in [0, 0.05) is 32.9 Å². The number of hydrogen-bond donors (Lipinski definition) is 1. The Morgan fingerprint density at radius 1 is 0.828 bits per heavy atom. The van der Waals surface area contributed by atoms with Crippen LogP contribution in [0.1, 0.15) is 29.7 Å². The van der Waals surface area contributed by atoms with Crippen molar-refractivity contribution < 1.29 is 4.79 Å². The van der Waals surface area contributed by atoms with Gasteiger partial charge in [0.25, 0.3) is 0 Å². The maximum Gasteiger partial charge on any atom is 0.318 e. The number of rotatable bonds is 7. The van der Waals surface area contributed by atoms with E-state index in [9.17, 15) is 4.79 Å². The minimum absolute atomic E-state index is 0.0412. The van der Waals surface area contributed by atoms with Gasteiger partial charge in [-0.2, -0.15) is 0 Å². The molecule has 0 spiro atoms. The number of nitrogens with one attached hydrogen (secondary N) is 1. The first-order valence-corrected chi connectivity index (χ1v) is 9.94. The quantitative estimate of drug-likeness (QED) is 0.603. The van der Waals surface area contributed by atoms with Gasteiger partial charge in [0.15, 0.2) is 0 Å². The molecule has 1 N–H and O–H groups in total. The molecule has 150 valence electrons. The second kappa shape index (κ2) is 9.78. The van der Waals surface area contributed by atoms with Crippen LogP contribution < -0.4 is 10.2 Å². The van der Waals surface area contributed by atoms with E-state index in [1.54, 1.807) is 0 Å². The Labute approximate surface area is 173 Å². The molecule has 29 heavy (non-hydrogen) atoms. The highest BCUT2D eigenvalue weighted by Gasteiger charge is 2.21. The van der Waals surface area contributed by atoms with Gasteiger partial charge < -0.3 is 15.1 Å². The van der Waals surface area contributed by atoms with Crippen LogP contribution in [-0.2, 0) is 13.1 Å². The largest absolute Gasteiger partial charge is 0.378 e. The van der Waals surface area contributed by atoms with Gasteiger partial charge >= 0.3 is 6.03 Å². The summed E-state index contributed by atoms with van der Waals surface area (Å²) in [6, 6.07) is 28.4. The molecule has 0 aromatic heterocycles. The third-order valence-electron chi connectivity index (χ3n) is 5.10. The van der Waals surface area contributed by atoms with Crippen molar-refractivity contribution >= 4 is 11.7 Å². The van der Waals surface area contributed by atoms with E-state index >= 15 is 0 Å². The summed E-state index contributed by atoms with van der Waals surface area (Å²) in [5.41, 5.74) is 4.45. The summed E-state index contributed by atoms with van der Waals surface area (Å²) < 4.78 is 0. The molecule has 1 atom stereocenters. The molecule has 3 aromatic carbocycles. The van der Waals surface area contributed by atoms with Gasteiger partial charge in [-0.1, -0.05) is 72.8 Å². The van der Waals surface area contributed by atoms with Gasteiger partial charge in [0.2, 0.25) is 0 Å². The SMILES string of the molecule is CC(c1ccccc1)N(Cc1ccc(N(C)C)cc1)C(=O)NCc1ccccc1. The second-order valence-corrected chi connectivity index (χ2v) is 7.42. The van der Waals surface area contributed by atoms with E-state index in [0.717, 1.165) is 22.4 Å². The standard InChI is InChI=1S/C25H29N3O/c1-20(23-12-8-5-9-13-23)28(19-22-14-16-24(17-15-22)27(2)3)25(29)26-18-21-10-6-4-7-11-21/h4-17,20H,18-19H2,1-3H3,(H,26,29). The minimum atomic E-state index is -0.0677. The first kappa shape index (κ1) is 20.5. The molecule has 4 nitrogen and oxygen atoms in total. The monoisotopic (exact) mass is 387 g/mol. The van der Waals surface area contributed by atoms with E-state index < -0.39 is 0 Å². The summed E-state index contributed by atoms with van der Waals surface area (Å²) in [4.78, 5) is 17.1. The maximum atomic E-state index is 13.1. The number of urea groups is 1. The Morgan fingerprint density at radius 2 is 1.41 bits per heavy atom. The van der Waals surface area contributed by atoms with E-state index in [4.69, 9.17) is 0 Å². The van der Waals surface area contributed by atoms with E-state index in [2.05, 4.69) is 53.5 Å². The van der Waals surface area contributed by atoms with Crippen LogP contribution in [0.2, 0.25) is 0 Å². The Balaban J connectivity index is 1.77. The number of anilines is 1. The topological polar surface area (TPSA) is 35.6 Å². The number of nitrogens with zero attached hydrogens (tertiary/aromatic N) is 2. The number of hydrogen-bond acceptors (Lipinski definition) is 2. The molecule has 0 heterocycles. The summed E-state index contributed by atoms with van der Waals surface area (Å²) in [6.07, 6.45) is 0. The fourth-order valence-corrected chi connectivity index (χ4v) is 3.27. The molecule has 4 heteroatoms. The predicted octanol–water partition coefficient (Wildman–Crippen LogP) is 5.23. The third-order valence-corrected chi connectivity index (χ3v) is 5.10. The lowest BCUT2D eigenvalue weighted by atomic mass is 10.1. The molecule has 3 rings (SSSR count). The molecule has 0 aliphatic rings. The molecule has 0 radical (unpaired) electrons. The zero-order valence-corrected chi connectivity index (χ0v) is 17.4. The highest BCUT2D eigenvalue weighted by molar-refractivity contribution is 5.74. The molecule has 0 aliphatic heterocycles. The van der Waals surface area contributed by atoms with E-state index in [-0.39, 0.29) is 12.1 Å². The van der Waals surface area contributed by atoms with Crippen LogP contribution in [-0.4, -0.2) is 25.0 Å². The van der Waals surface area contributed by atoms with Crippen LogP contribution in [0.15, 0.2) is 84.9 Å². The summed E-state index contributed by atoms with van der Waals surface area (Å²) in [5.74, 6) is 0. The highest BCUT2D eigenvalue weighted by Crippen LogP contribution is 2.23. The van der Waals surface area contributed by atoms with Crippen LogP contribution in [0.5, 0.6) is 0 Å². The molecular formula is C25H29N3O. The van der Waals surface area contributed by atoms with Crippen LogP contribution in [0.3, 0.4) is 0 Å². The lowest BCUT2D eigenvalue weighted by Crippen LogP contribution is -2.40. The van der Waals surface area contributed by atoms with E-state index in [1.165, 1.54) is 0 Å². The summed E-state index contributed by atoms with van der Waals surface area (Å²) in [7, 11) is 4.05. The van der Waals surface area contributed by atoms with E-state index in [0.29, 0.717) is 13.1 Å². The summed E-state index contributed by atoms with van der Waals surface area (Å²) in [5, 5.41) is 3.08. The molecule has 0 fully saturated rings. The lowest BCUT2D eigenvalue weighted by molar-refractivity contribution is 0.175. The van der Waals surface area contributed by atoms with Crippen molar-refractivity contribution in [2.24, 2.45) is 0 Å². The van der Waals surface area contributed by atoms with Gasteiger partial charge in [0.1, 0.15) is 0 Å². The van der Waals surface area contributed by atoms with Crippen LogP contribution in [0, 0.1) is 0 Å². The van der Waals surface area contributed by atoms with Crippen molar-refractivity contribution in [3.05, 3.63) is 102 Å². The molecular weight excluding hydrogens is 358 g/mol. The zero-order chi connectivity index (χ0) is 20.6. The lowest BCUT2D eigenvalue weighted by Gasteiger charge is -2.30. The van der Waals surface area contributed by atoms with Crippen molar-refractivity contribution in [1.82, 2.24) is 10.2 Å². The molecule has 2 amide bonds. The second-order valence-electron chi connectivity index (χ2n) is 7.42. The molecule has 0 aliphatic carbocycles. The van der Waals surface area contributed by atoms with Crippen molar-refractivity contribution in [2.75, 3.05) is 19.0 Å². The average molecular weight is 388 g/mol. The first-order chi connectivity index (χ1) is 14.0. The number of amides is 2. The minimum Gasteiger partial charge on any atom is -0.378 e. The highest BCUT2D eigenvalue weighted by atomic mass is 16.2. The average Bonchev–Trinajstić information content (AvgIpc) is 2.77. The van der Waals surface area contributed by atoms with Gasteiger partial charge in [-0.25, -0.2) is 4.79 Å². The Hall–Kier alpha value is -3.27. The van der Waals surface area contributed by atoms with Crippen molar-refractivity contribution in [2.45, 2.75) is 26.1 Å².